The Morgan fingerprint density at radius 2 is 2.50 bits per heavy atom. The van der Waals surface area contributed by atoms with Gasteiger partial charge in [0, 0.05) is 13.1 Å². The molecule has 1 aliphatic rings. The number of nitrogens with two attached hydrogens (primary N) is 1. The fourth-order valence-corrected chi connectivity index (χ4v) is 1.15. The van der Waals surface area contributed by atoms with Crippen LogP contribution in [0.2, 0.25) is 0 Å². The molecule has 0 saturated heterocycles. The summed E-state index contributed by atoms with van der Waals surface area (Å²) in [6, 6.07) is -0.723. The third kappa shape index (κ3) is 2.54. The molecule has 1 unspecified atom stereocenters. The van der Waals surface area contributed by atoms with Crippen LogP contribution in [0.4, 0.5) is 0 Å². The van der Waals surface area contributed by atoms with E-state index in [1.165, 1.54) is 0 Å². The lowest BCUT2D eigenvalue weighted by atomic mass is 10.2. The lowest BCUT2D eigenvalue weighted by Gasteiger charge is -2.16. The van der Waals surface area contributed by atoms with Crippen molar-refractivity contribution in [1.29, 1.82) is 0 Å². The monoisotopic (exact) mass is 170 g/mol. The zero-order chi connectivity index (χ0) is 8.97. The van der Waals surface area contributed by atoms with E-state index in [-0.39, 0.29) is 0 Å². The van der Waals surface area contributed by atoms with E-state index < -0.39 is 12.0 Å². The van der Waals surface area contributed by atoms with Gasteiger partial charge in [0.1, 0.15) is 6.04 Å². The molecule has 0 spiro atoms. The minimum absolute atomic E-state index is 0.514. The van der Waals surface area contributed by atoms with Gasteiger partial charge in [0.2, 0.25) is 0 Å². The lowest BCUT2D eigenvalue weighted by Crippen LogP contribution is -2.33. The fraction of sp³-hybridized carbons (Fsp3) is 0.625. The van der Waals surface area contributed by atoms with E-state index in [0.29, 0.717) is 6.42 Å². The summed E-state index contributed by atoms with van der Waals surface area (Å²) < 4.78 is 0. The number of carboxylic acid groups (broad SMARTS) is 1. The Morgan fingerprint density at radius 3 is 3.00 bits per heavy atom. The molecule has 1 aliphatic heterocycles. The van der Waals surface area contributed by atoms with Crippen molar-refractivity contribution in [3.63, 3.8) is 0 Å². The van der Waals surface area contributed by atoms with E-state index in [0.717, 1.165) is 19.5 Å². The van der Waals surface area contributed by atoms with Crippen LogP contribution < -0.4 is 5.73 Å². The summed E-state index contributed by atoms with van der Waals surface area (Å²) >= 11 is 0. The van der Waals surface area contributed by atoms with E-state index in [1.807, 2.05) is 6.20 Å². The van der Waals surface area contributed by atoms with Crippen molar-refractivity contribution in [3.05, 3.63) is 12.3 Å². The van der Waals surface area contributed by atoms with Crippen molar-refractivity contribution in [2.24, 2.45) is 5.73 Å². The molecule has 4 nitrogen and oxygen atoms in total. The van der Waals surface area contributed by atoms with Crippen LogP contribution in [0.25, 0.3) is 0 Å². The quantitative estimate of drug-likeness (QED) is 0.623. The van der Waals surface area contributed by atoms with Crippen molar-refractivity contribution >= 4 is 5.97 Å². The second kappa shape index (κ2) is 4.11. The molecule has 0 aromatic carbocycles. The van der Waals surface area contributed by atoms with Crippen LogP contribution in [0.1, 0.15) is 12.8 Å². The lowest BCUT2D eigenvalue weighted by molar-refractivity contribution is -0.138. The molecule has 0 aromatic heterocycles. The minimum Gasteiger partial charge on any atom is -0.480 e. The van der Waals surface area contributed by atoms with Crippen LogP contribution in [-0.2, 0) is 4.79 Å². The average molecular weight is 170 g/mol. The van der Waals surface area contributed by atoms with Crippen LogP contribution in [-0.4, -0.2) is 35.1 Å². The third-order valence-electron chi connectivity index (χ3n) is 1.94. The van der Waals surface area contributed by atoms with Gasteiger partial charge < -0.3 is 15.7 Å². The van der Waals surface area contributed by atoms with E-state index >= 15 is 0 Å². The Hall–Kier alpha value is -1.03. The van der Waals surface area contributed by atoms with Crippen molar-refractivity contribution in [2.75, 3.05) is 13.1 Å². The maximum atomic E-state index is 10.3. The predicted octanol–water partition coefficient (Wildman–Crippen LogP) is 0.00780. The van der Waals surface area contributed by atoms with Gasteiger partial charge in [-0.25, -0.2) is 0 Å². The van der Waals surface area contributed by atoms with Crippen molar-refractivity contribution < 1.29 is 9.90 Å². The van der Waals surface area contributed by atoms with Crippen LogP contribution in [0, 0.1) is 0 Å². The number of hydrogen-bond acceptors (Lipinski definition) is 3. The van der Waals surface area contributed by atoms with Gasteiger partial charge in [-0.2, -0.15) is 0 Å². The van der Waals surface area contributed by atoms with Crippen LogP contribution in [0.3, 0.4) is 0 Å². The van der Waals surface area contributed by atoms with E-state index in [1.54, 1.807) is 0 Å². The Balaban J connectivity index is 2.16. The molecule has 3 N–H and O–H groups in total. The number of carboxylic acids is 1. The van der Waals surface area contributed by atoms with E-state index in [9.17, 15) is 4.79 Å². The summed E-state index contributed by atoms with van der Waals surface area (Å²) in [6.07, 6.45) is 5.64. The molecule has 0 amide bonds. The Morgan fingerprint density at radius 1 is 1.75 bits per heavy atom. The maximum Gasteiger partial charge on any atom is 0.320 e. The molecule has 0 aliphatic carbocycles. The van der Waals surface area contributed by atoms with Crippen LogP contribution >= 0.6 is 0 Å². The summed E-state index contributed by atoms with van der Waals surface area (Å²) in [4.78, 5) is 12.4. The van der Waals surface area contributed by atoms with Gasteiger partial charge >= 0.3 is 5.97 Å². The second-order valence-electron chi connectivity index (χ2n) is 2.94. The first kappa shape index (κ1) is 9.06. The average Bonchev–Trinajstić information content (AvgIpc) is 2.51. The highest BCUT2D eigenvalue weighted by Crippen LogP contribution is 2.04. The predicted molar refractivity (Wildman–Crippen MR) is 45.6 cm³/mol. The summed E-state index contributed by atoms with van der Waals surface area (Å²) in [5.74, 6) is -0.918. The maximum absolute atomic E-state index is 10.3. The van der Waals surface area contributed by atoms with Crippen molar-refractivity contribution in [3.8, 4) is 0 Å². The molecule has 0 saturated carbocycles. The second-order valence-corrected chi connectivity index (χ2v) is 2.94. The largest absolute Gasteiger partial charge is 0.480 e. The first-order valence-corrected chi connectivity index (χ1v) is 4.09. The molecule has 1 heterocycles. The van der Waals surface area contributed by atoms with Gasteiger partial charge in [0.05, 0.1) is 0 Å². The number of hydrogen-bond donors (Lipinski definition) is 2. The molecular weight excluding hydrogens is 156 g/mol. The third-order valence-corrected chi connectivity index (χ3v) is 1.94. The zero-order valence-corrected chi connectivity index (χ0v) is 6.94. The van der Waals surface area contributed by atoms with Crippen LogP contribution in [0.15, 0.2) is 12.3 Å². The van der Waals surface area contributed by atoms with Crippen LogP contribution in [0.5, 0.6) is 0 Å². The van der Waals surface area contributed by atoms with Gasteiger partial charge in [0.15, 0.2) is 0 Å². The van der Waals surface area contributed by atoms with E-state index in [2.05, 4.69) is 11.0 Å². The highest BCUT2D eigenvalue weighted by Gasteiger charge is 2.12. The smallest absolute Gasteiger partial charge is 0.320 e. The zero-order valence-electron chi connectivity index (χ0n) is 6.94. The molecule has 4 heteroatoms. The molecule has 68 valence electrons. The Labute approximate surface area is 71.7 Å². The minimum atomic E-state index is -0.918. The fourth-order valence-electron chi connectivity index (χ4n) is 1.15. The molecule has 12 heavy (non-hydrogen) atoms. The van der Waals surface area contributed by atoms with Gasteiger partial charge in [-0.3, -0.25) is 4.79 Å². The molecule has 1 rings (SSSR count). The Kier molecular flexibility index (Phi) is 3.10. The van der Waals surface area contributed by atoms with Gasteiger partial charge in [0.25, 0.3) is 0 Å². The molecule has 0 radical (unpaired) electrons. The van der Waals surface area contributed by atoms with Gasteiger partial charge in [-0.15, -0.1) is 0 Å². The SMILES string of the molecule is NC(CCN1C=CCC1)C(=O)O. The molecule has 0 bridgehead atoms. The topological polar surface area (TPSA) is 66.6 Å². The summed E-state index contributed by atoms with van der Waals surface area (Å²) in [6.45, 7) is 1.73. The molecule has 0 aromatic rings. The Bertz CT molecular complexity index is 189. The summed E-state index contributed by atoms with van der Waals surface area (Å²) in [5, 5.41) is 8.49. The standard InChI is InChI=1S/C8H14N2O2/c9-7(8(11)12)3-6-10-4-1-2-5-10/h1,4,7H,2-3,5-6,9H2,(H,11,12). The van der Waals surface area contributed by atoms with Gasteiger partial charge in [-0.05, 0) is 19.0 Å². The number of rotatable bonds is 4. The first-order valence-electron chi connectivity index (χ1n) is 4.09. The summed E-state index contributed by atoms with van der Waals surface area (Å²) in [7, 11) is 0. The number of aliphatic carboxylic acids is 1. The highest BCUT2D eigenvalue weighted by atomic mass is 16.4. The normalized spacial score (nSPS) is 18.2. The number of carbonyl (C=O) groups is 1. The molecule has 0 fully saturated rings. The highest BCUT2D eigenvalue weighted by molar-refractivity contribution is 5.72. The van der Waals surface area contributed by atoms with Crippen molar-refractivity contribution in [2.45, 2.75) is 18.9 Å². The van der Waals surface area contributed by atoms with Gasteiger partial charge in [-0.1, -0.05) is 6.08 Å². The molecular formula is C8H14N2O2. The number of nitrogens with zero attached hydrogens (tertiary/aromatic N) is 1. The molecule has 1 atom stereocenters. The van der Waals surface area contributed by atoms with Crippen molar-refractivity contribution in [1.82, 2.24) is 4.90 Å². The van der Waals surface area contributed by atoms with E-state index in [4.69, 9.17) is 10.8 Å². The summed E-state index contributed by atoms with van der Waals surface area (Å²) in [5.41, 5.74) is 5.34. The first-order chi connectivity index (χ1) is 5.70.